The molecule has 0 saturated carbocycles. The summed E-state index contributed by atoms with van der Waals surface area (Å²) in [7, 11) is 0. The van der Waals surface area contributed by atoms with E-state index in [9.17, 15) is 19.5 Å². The fourth-order valence-electron chi connectivity index (χ4n) is 2.42. The Hall–Kier alpha value is -2.57. The molecular formula is C16H20N2O5. The van der Waals surface area contributed by atoms with Gasteiger partial charge >= 0.3 is 12.1 Å². The molecule has 7 heteroatoms. The summed E-state index contributed by atoms with van der Waals surface area (Å²) in [5.74, 6) is -2.11. The molecule has 0 radical (unpaired) electrons. The normalized spacial score (nSPS) is 17.9. The molecule has 2 unspecified atom stereocenters. The number of ether oxygens (including phenoxy) is 1. The zero-order chi connectivity index (χ0) is 17.2. The number of alkyl carbamates (subject to hydrolysis) is 1. The molecule has 2 atom stereocenters. The number of amides is 2. The van der Waals surface area contributed by atoms with E-state index in [2.05, 4.69) is 10.6 Å². The molecule has 2 rings (SSSR count). The molecule has 1 aromatic carbocycles. The average Bonchev–Trinajstić information content (AvgIpc) is 2.72. The highest BCUT2D eigenvalue weighted by Crippen LogP contribution is 2.35. The summed E-state index contributed by atoms with van der Waals surface area (Å²) in [5.41, 5.74) is 0.670. The van der Waals surface area contributed by atoms with Crippen molar-refractivity contribution in [2.45, 2.75) is 44.8 Å². The maximum absolute atomic E-state index is 12.1. The molecule has 1 aliphatic rings. The molecule has 124 valence electrons. The highest BCUT2D eigenvalue weighted by Gasteiger charge is 2.35. The fourth-order valence-corrected chi connectivity index (χ4v) is 2.42. The van der Waals surface area contributed by atoms with Crippen LogP contribution in [0.4, 0.5) is 10.5 Å². The van der Waals surface area contributed by atoms with E-state index in [1.165, 1.54) is 0 Å². The van der Waals surface area contributed by atoms with Gasteiger partial charge in [0.15, 0.2) is 0 Å². The van der Waals surface area contributed by atoms with Gasteiger partial charge in [0.2, 0.25) is 5.91 Å². The second-order valence-electron chi connectivity index (χ2n) is 6.40. The maximum atomic E-state index is 12.1. The quantitative estimate of drug-likeness (QED) is 0.788. The predicted molar refractivity (Wildman–Crippen MR) is 83.2 cm³/mol. The molecule has 1 heterocycles. The second kappa shape index (κ2) is 6.28. The van der Waals surface area contributed by atoms with Crippen molar-refractivity contribution < 1.29 is 24.2 Å². The third-order valence-corrected chi connectivity index (χ3v) is 3.37. The first-order chi connectivity index (χ1) is 10.7. The number of para-hydroxylation sites is 1. The zero-order valence-electron chi connectivity index (χ0n) is 13.3. The molecule has 7 nitrogen and oxygen atoms in total. The lowest BCUT2D eigenvalue weighted by molar-refractivity contribution is -0.139. The van der Waals surface area contributed by atoms with Crippen LogP contribution >= 0.6 is 0 Å². The number of carbonyl (C=O) groups excluding carboxylic acids is 2. The van der Waals surface area contributed by atoms with Gasteiger partial charge < -0.3 is 20.5 Å². The third kappa shape index (κ3) is 4.21. The van der Waals surface area contributed by atoms with Gasteiger partial charge in [-0.3, -0.25) is 4.79 Å². The van der Waals surface area contributed by atoms with Gasteiger partial charge in [0.1, 0.15) is 11.6 Å². The number of fused-ring (bicyclic) bond motifs is 1. The predicted octanol–water partition coefficient (Wildman–Crippen LogP) is 2.09. The van der Waals surface area contributed by atoms with Crippen LogP contribution in [-0.2, 0) is 14.3 Å². The minimum atomic E-state index is -1.22. The lowest BCUT2D eigenvalue weighted by atomic mass is 9.93. The van der Waals surface area contributed by atoms with Crippen LogP contribution in [0.5, 0.6) is 0 Å². The molecule has 0 aliphatic carbocycles. The summed E-state index contributed by atoms with van der Waals surface area (Å²) < 4.78 is 5.07. The Morgan fingerprint density at radius 3 is 2.61 bits per heavy atom. The Labute approximate surface area is 134 Å². The Kier molecular flexibility index (Phi) is 4.58. The van der Waals surface area contributed by atoms with Gasteiger partial charge in [-0.25, -0.2) is 9.59 Å². The summed E-state index contributed by atoms with van der Waals surface area (Å²) in [6, 6.07) is 5.87. The standard InChI is InChI=1S/C16H20N2O5/c1-16(2,3)23-15(22)18-12(14(20)21)8-10-9-6-4-5-7-11(9)17-13(10)19/h4-7,10,12H,8H2,1-3H3,(H,17,19)(H,18,22)(H,20,21). The van der Waals surface area contributed by atoms with Crippen LogP contribution in [0.1, 0.15) is 38.7 Å². The number of hydrogen-bond donors (Lipinski definition) is 3. The van der Waals surface area contributed by atoms with E-state index in [-0.39, 0.29) is 12.3 Å². The van der Waals surface area contributed by atoms with Crippen molar-refractivity contribution in [1.29, 1.82) is 0 Å². The number of aliphatic carboxylic acids is 1. The molecule has 3 N–H and O–H groups in total. The van der Waals surface area contributed by atoms with Gasteiger partial charge in [0.25, 0.3) is 0 Å². The van der Waals surface area contributed by atoms with Gasteiger partial charge in [0, 0.05) is 5.69 Å². The first-order valence-electron chi connectivity index (χ1n) is 7.29. The number of carboxylic acids is 1. The number of carboxylic acid groups (broad SMARTS) is 1. The third-order valence-electron chi connectivity index (χ3n) is 3.37. The van der Waals surface area contributed by atoms with E-state index in [1.54, 1.807) is 45.0 Å². The van der Waals surface area contributed by atoms with E-state index >= 15 is 0 Å². The summed E-state index contributed by atoms with van der Waals surface area (Å²) in [6.45, 7) is 5.05. The van der Waals surface area contributed by atoms with E-state index < -0.39 is 29.6 Å². The topological polar surface area (TPSA) is 105 Å². The first kappa shape index (κ1) is 16.8. The molecular weight excluding hydrogens is 300 g/mol. The van der Waals surface area contributed by atoms with Crippen molar-refractivity contribution in [3.63, 3.8) is 0 Å². The van der Waals surface area contributed by atoms with Crippen LogP contribution in [0.2, 0.25) is 0 Å². The van der Waals surface area contributed by atoms with Crippen LogP contribution in [0.3, 0.4) is 0 Å². The Bertz CT molecular complexity index is 636. The van der Waals surface area contributed by atoms with Crippen molar-refractivity contribution in [1.82, 2.24) is 5.32 Å². The van der Waals surface area contributed by atoms with Gasteiger partial charge in [-0.2, -0.15) is 0 Å². The van der Waals surface area contributed by atoms with Crippen molar-refractivity contribution in [3.8, 4) is 0 Å². The number of benzene rings is 1. The van der Waals surface area contributed by atoms with E-state index in [4.69, 9.17) is 4.74 Å². The van der Waals surface area contributed by atoms with Gasteiger partial charge in [-0.1, -0.05) is 18.2 Å². The smallest absolute Gasteiger partial charge is 0.408 e. The SMILES string of the molecule is CC(C)(C)OC(=O)NC(CC1C(=O)Nc2ccccc21)C(=O)O. The molecule has 0 bridgehead atoms. The number of hydrogen-bond acceptors (Lipinski definition) is 4. The Morgan fingerprint density at radius 2 is 2.00 bits per heavy atom. The van der Waals surface area contributed by atoms with Gasteiger partial charge in [0.05, 0.1) is 5.92 Å². The second-order valence-corrected chi connectivity index (χ2v) is 6.40. The van der Waals surface area contributed by atoms with Crippen LogP contribution in [0, 0.1) is 0 Å². The van der Waals surface area contributed by atoms with E-state index in [0.29, 0.717) is 5.69 Å². The van der Waals surface area contributed by atoms with Gasteiger partial charge in [-0.05, 0) is 38.8 Å². The molecule has 0 fully saturated rings. The molecule has 0 spiro atoms. The Balaban J connectivity index is 2.10. The van der Waals surface area contributed by atoms with Crippen LogP contribution in [-0.4, -0.2) is 34.7 Å². The van der Waals surface area contributed by atoms with Crippen LogP contribution in [0.15, 0.2) is 24.3 Å². The Morgan fingerprint density at radius 1 is 1.35 bits per heavy atom. The highest BCUT2D eigenvalue weighted by atomic mass is 16.6. The van der Waals surface area contributed by atoms with Crippen molar-refractivity contribution in [3.05, 3.63) is 29.8 Å². The number of anilines is 1. The first-order valence-corrected chi connectivity index (χ1v) is 7.29. The number of rotatable bonds is 4. The summed E-state index contributed by atoms with van der Waals surface area (Å²) >= 11 is 0. The van der Waals surface area contributed by atoms with Crippen LogP contribution in [0.25, 0.3) is 0 Å². The molecule has 2 amide bonds. The van der Waals surface area contributed by atoms with Gasteiger partial charge in [-0.15, -0.1) is 0 Å². The molecule has 1 aliphatic heterocycles. The molecule has 0 saturated heterocycles. The lowest BCUT2D eigenvalue weighted by Crippen LogP contribution is -2.44. The summed E-state index contributed by atoms with van der Waals surface area (Å²) in [4.78, 5) is 35.2. The molecule has 23 heavy (non-hydrogen) atoms. The average molecular weight is 320 g/mol. The maximum Gasteiger partial charge on any atom is 0.408 e. The molecule has 1 aromatic rings. The zero-order valence-corrected chi connectivity index (χ0v) is 13.3. The summed E-state index contributed by atoms with van der Waals surface area (Å²) in [5, 5.41) is 14.3. The number of carbonyl (C=O) groups is 3. The summed E-state index contributed by atoms with van der Waals surface area (Å²) in [6.07, 6.45) is -0.867. The van der Waals surface area contributed by atoms with Crippen molar-refractivity contribution >= 4 is 23.7 Å². The lowest BCUT2D eigenvalue weighted by Gasteiger charge is -2.23. The van der Waals surface area contributed by atoms with Crippen molar-refractivity contribution in [2.75, 3.05) is 5.32 Å². The largest absolute Gasteiger partial charge is 0.480 e. The monoisotopic (exact) mass is 320 g/mol. The molecule has 0 aromatic heterocycles. The van der Waals surface area contributed by atoms with E-state index in [0.717, 1.165) is 5.56 Å². The fraction of sp³-hybridized carbons (Fsp3) is 0.438. The van der Waals surface area contributed by atoms with Crippen LogP contribution < -0.4 is 10.6 Å². The minimum absolute atomic E-state index is 0.0442. The number of nitrogens with one attached hydrogen (secondary N) is 2. The van der Waals surface area contributed by atoms with Crippen molar-refractivity contribution in [2.24, 2.45) is 0 Å². The highest BCUT2D eigenvalue weighted by molar-refractivity contribution is 6.03. The minimum Gasteiger partial charge on any atom is -0.480 e. The van der Waals surface area contributed by atoms with E-state index in [1.807, 2.05) is 0 Å².